The zero-order valence-electron chi connectivity index (χ0n) is 12.1. The molecule has 106 valence electrons. The summed E-state index contributed by atoms with van der Waals surface area (Å²) in [5.41, 5.74) is 7.61. The minimum Gasteiger partial charge on any atom is -0.457 e. The summed E-state index contributed by atoms with van der Waals surface area (Å²) in [6.45, 7) is 6.73. The number of ether oxygens (including phenoxy) is 1. The van der Waals surface area contributed by atoms with Gasteiger partial charge in [0.15, 0.2) is 0 Å². The minimum absolute atomic E-state index is 0.108. The van der Waals surface area contributed by atoms with Gasteiger partial charge in [-0.3, -0.25) is 0 Å². The molecule has 0 bridgehead atoms. The Morgan fingerprint density at radius 2 is 1.70 bits per heavy atom. The molecule has 0 atom stereocenters. The molecule has 2 aromatic rings. The molecule has 0 spiro atoms. The van der Waals surface area contributed by atoms with E-state index in [1.54, 1.807) is 6.07 Å². The van der Waals surface area contributed by atoms with Crippen molar-refractivity contribution in [1.82, 2.24) is 0 Å². The van der Waals surface area contributed by atoms with Crippen LogP contribution in [-0.4, -0.2) is 0 Å². The highest BCUT2D eigenvalue weighted by molar-refractivity contribution is 5.39. The monoisotopic (exact) mass is 273 g/mol. The van der Waals surface area contributed by atoms with Crippen molar-refractivity contribution < 1.29 is 9.13 Å². The smallest absolute Gasteiger partial charge is 0.132 e. The summed E-state index contributed by atoms with van der Waals surface area (Å²) >= 11 is 0. The van der Waals surface area contributed by atoms with E-state index in [2.05, 4.69) is 20.8 Å². The molecule has 20 heavy (non-hydrogen) atoms. The molecule has 2 nitrogen and oxygen atoms in total. The second kappa shape index (κ2) is 5.63. The maximum absolute atomic E-state index is 13.1. The molecule has 2 aromatic carbocycles. The van der Waals surface area contributed by atoms with E-state index in [4.69, 9.17) is 10.5 Å². The Bertz CT molecular complexity index is 585. The number of nitrogens with two attached hydrogens (primary N) is 1. The number of hydrogen-bond acceptors (Lipinski definition) is 2. The fourth-order valence-electron chi connectivity index (χ4n) is 1.96. The molecule has 0 amide bonds. The third kappa shape index (κ3) is 3.36. The standard InChI is InChI=1S/C17H20FNO/c1-17(2,3)13-4-7-15(8-5-13)20-16-9-6-14(18)10-12(16)11-19/h4-10H,11,19H2,1-3H3. The highest BCUT2D eigenvalue weighted by atomic mass is 19.1. The van der Waals surface area contributed by atoms with Gasteiger partial charge in [-0.1, -0.05) is 32.9 Å². The Hall–Kier alpha value is -1.87. The van der Waals surface area contributed by atoms with Crippen LogP contribution in [0.3, 0.4) is 0 Å². The van der Waals surface area contributed by atoms with Crippen molar-refractivity contribution in [3.63, 3.8) is 0 Å². The van der Waals surface area contributed by atoms with Crippen molar-refractivity contribution in [2.45, 2.75) is 32.7 Å². The van der Waals surface area contributed by atoms with Crippen LogP contribution in [0, 0.1) is 5.82 Å². The van der Waals surface area contributed by atoms with Gasteiger partial charge in [-0.25, -0.2) is 4.39 Å². The molecule has 2 N–H and O–H groups in total. The molecule has 0 fully saturated rings. The van der Waals surface area contributed by atoms with Gasteiger partial charge in [-0.2, -0.15) is 0 Å². The average molecular weight is 273 g/mol. The van der Waals surface area contributed by atoms with Gasteiger partial charge < -0.3 is 10.5 Å². The summed E-state index contributed by atoms with van der Waals surface area (Å²) in [6, 6.07) is 12.3. The van der Waals surface area contributed by atoms with Crippen molar-refractivity contribution in [3.05, 3.63) is 59.4 Å². The summed E-state index contributed by atoms with van der Waals surface area (Å²) in [4.78, 5) is 0. The normalized spacial score (nSPS) is 11.4. The summed E-state index contributed by atoms with van der Waals surface area (Å²) < 4.78 is 18.9. The zero-order chi connectivity index (χ0) is 14.8. The Labute approximate surface area is 119 Å². The van der Waals surface area contributed by atoms with Crippen LogP contribution in [0.1, 0.15) is 31.9 Å². The average Bonchev–Trinajstić information content (AvgIpc) is 2.40. The lowest BCUT2D eigenvalue weighted by Crippen LogP contribution is -2.10. The van der Waals surface area contributed by atoms with E-state index in [9.17, 15) is 4.39 Å². The van der Waals surface area contributed by atoms with E-state index in [0.29, 0.717) is 11.3 Å². The van der Waals surface area contributed by atoms with Crippen molar-refractivity contribution in [1.29, 1.82) is 0 Å². The van der Waals surface area contributed by atoms with Crippen LogP contribution in [0.4, 0.5) is 4.39 Å². The van der Waals surface area contributed by atoms with Crippen LogP contribution in [-0.2, 0) is 12.0 Å². The molecule has 0 heterocycles. The molecule has 0 saturated carbocycles. The number of hydrogen-bond donors (Lipinski definition) is 1. The summed E-state index contributed by atoms with van der Waals surface area (Å²) in [5.74, 6) is 1.01. The minimum atomic E-state index is -0.305. The lowest BCUT2D eigenvalue weighted by molar-refractivity contribution is 0.472. The first-order chi connectivity index (χ1) is 9.40. The quantitative estimate of drug-likeness (QED) is 0.901. The Kier molecular flexibility index (Phi) is 4.09. The first-order valence-corrected chi connectivity index (χ1v) is 6.67. The predicted octanol–water partition coefficient (Wildman–Crippen LogP) is 4.37. The molecular weight excluding hydrogens is 253 g/mol. The highest BCUT2D eigenvalue weighted by Crippen LogP contribution is 2.28. The van der Waals surface area contributed by atoms with E-state index >= 15 is 0 Å². The van der Waals surface area contributed by atoms with Crippen LogP contribution in [0.25, 0.3) is 0 Å². The van der Waals surface area contributed by atoms with Gasteiger partial charge in [0.2, 0.25) is 0 Å². The van der Waals surface area contributed by atoms with Crippen molar-refractivity contribution in [2.24, 2.45) is 5.73 Å². The van der Waals surface area contributed by atoms with E-state index in [1.165, 1.54) is 17.7 Å². The fraction of sp³-hybridized carbons (Fsp3) is 0.294. The molecule has 0 aliphatic heterocycles. The maximum Gasteiger partial charge on any atom is 0.132 e. The van der Waals surface area contributed by atoms with E-state index in [-0.39, 0.29) is 17.8 Å². The predicted molar refractivity (Wildman–Crippen MR) is 79.5 cm³/mol. The first-order valence-electron chi connectivity index (χ1n) is 6.67. The molecule has 0 saturated heterocycles. The molecule has 0 aliphatic carbocycles. The summed E-state index contributed by atoms with van der Waals surface area (Å²) in [6.07, 6.45) is 0. The van der Waals surface area contributed by atoms with Crippen molar-refractivity contribution in [3.8, 4) is 11.5 Å². The second-order valence-electron chi connectivity index (χ2n) is 5.83. The molecule has 0 aliphatic rings. The largest absolute Gasteiger partial charge is 0.457 e. The van der Waals surface area contributed by atoms with Gasteiger partial charge in [-0.15, -0.1) is 0 Å². The second-order valence-corrected chi connectivity index (χ2v) is 5.83. The molecule has 0 aromatic heterocycles. The Morgan fingerprint density at radius 1 is 1.05 bits per heavy atom. The van der Waals surface area contributed by atoms with Gasteiger partial charge in [0.25, 0.3) is 0 Å². The first kappa shape index (κ1) is 14.5. The van der Waals surface area contributed by atoms with Gasteiger partial charge in [-0.05, 0) is 41.3 Å². The lowest BCUT2D eigenvalue weighted by Gasteiger charge is -2.19. The van der Waals surface area contributed by atoms with Gasteiger partial charge in [0.05, 0.1) is 0 Å². The van der Waals surface area contributed by atoms with Gasteiger partial charge in [0, 0.05) is 12.1 Å². The molecule has 0 unspecified atom stereocenters. The lowest BCUT2D eigenvalue weighted by atomic mass is 9.87. The van der Waals surface area contributed by atoms with Crippen LogP contribution in [0.2, 0.25) is 0 Å². The molecule has 2 rings (SSSR count). The third-order valence-electron chi connectivity index (χ3n) is 3.19. The zero-order valence-corrected chi connectivity index (χ0v) is 12.1. The van der Waals surface area contributed by atoms with E-state index in [0.717, 1.165) is 5.75 Å². The number of rotatable bonds is 3. The van der Waals surface area contributed by atoms with Crippen molar-refractivity contribution >= 4 is 0 Å². The summed E-state index contributed by atoms with van der Waals surface area (Å²) in [5, 5.41) is 0. The highest BCUT2D eigenvalue weighted by Gasteiger charge is 2.13. The van der Waals surface area contributed by atoms with Gasteiger partial charge in [0.1, 0.15) is 17.3 Å². The maximum atomic E-state index is 13.1. The van der Waals surface area contributed by atoms with Gasteiger partial charge >= 0.3 is 0 Å². The SMILES string of the molecule is CC(C)(C)c1ccc(Oc2ccc(F)cc2CN)cc1. The number of halogens is 1. The molecule has 0 radical (unpaired) electrons. The van der Waals surface area contributed by atoms with E-state index in [1.807, 2.05) is 24.3 Å². The molecule has 3 heteroatoms. The summed E-state index contributed by atoms with van der Waals surface area (Å²) in [7, 11) is 0. The Morgan fingerprint density at radius 3 is 2.25 bits per heavy atom. The fourth-order valence-corrected chi connectivity index (χ4v) is 1.96. The Balaban J connectivity index is 2.22. The van der Waals surface area contributed by atoms with Crippen LogP contribution >= 0.6 is 0 Å². The van der Waals surface area contributed by atoms with Crippen LogP contribution < -0.4 is 10.5 Å². The molecular formula is C17H20FNO. The van der Waals surface area contributed by atoms with Crippen LogP contribution in [0.15, 0.2) is 42.5 Å². The number of benzene rings is 2. The van der Waals surface area contributed by atoms with E-state index < -0.39 is 0 Å². The van der Waals surface area contributed by atoms with Crippen molar-refractivity contribution in [2.75, 3.05) is 0 Å². The topological polar surface area (TPSA) is 35.2 Å². The van der Waals surface area contributed by atoms with Crippen LogP contribution in [0.5, 0.6) is 11.5 Å². The third-order valence-corrected chi connectivity index (χ3v) is 3.19.